The van der Waals surface area contributed by atoms with Crippen molar-refractivity contribution in [3.05, 3.63) is 97.2 Å². The first-order valence-electron chi connectivity index (χ1n) is 28.2. The highest BCUT2D eigenvalue weighted by atomic mass is 16.6. The maximum atomic E-state index is 12.8. The first-order valence-corrected chi connectivity index (χ1v) is 28.2. The summed E-state index contributed by atoms with van der Waals surface area (Å²) in [6.07, 6.45) is 74.0. The molecule has 6 heteroatoms. The highest BCUT2D eigenvalue weighted by Gasteiger charge is 2.19. The van der Waals surface area contributed by atoms with Gasteiger partial charge in [0, 0.05) is 19.3 Å². The fourth-order valence-corrected chi connectivity index (χ4v) is 7.54. The second-order valence-corrected chi connectivity index (χ2v) is 18.5. The van der Waals surface area contributed by atoms with Gasteiger partial charge in [-0.05, 0) is 116 Å². The Balaban J connectivity index is 4.26. The summed E-state index contributed by atoms with van der Waals surface area (Å²) in [5, 5.41) is 0. The summed E-state index contributed by atoms with van der Waals surface area (Å²) >= 11 is 0. The zero-order valence-electron chi connectivity index (χ0n) is 44.3. The van der Waals surface area contributed by atoms with Crippen molar-refractivity contribution in [3.8, 4) is 0 Å². The predicted molar refractivity (Wildman–Crippen MR) is 293 cm³/mol. The number of esters is 3. The minimum atomic E-state index is -0.788. The lowest BCUT2D eigenvalue weighted by atomic mass is 10.1. The third kappa shape index (κ3) is 53.3. The van der Waals surface area contributed by atoms with Gasteiger partial charge >= 0.3 is 17.9 Å². The fraction of sp³-hybridized carbons (Fsp3) is 0.694. The molecule has 0 saturated heterocycles. The maximum absolute atomic E-state index is 12.8. The van der Waals surface area contributed by atoms with Crippen LogP contribution in [0, 0.1) is 0 Å². The Kier molecular flexibility index (Phi) is 52.9. The number of hydrogen-bond donors (Lipinski definition) is 0. The van der Waals surface area contributed by atoms with Crippen molar-refractivity contribution in [2.75, 3.05) is 13.2 Å². The Morgan fingerprint density at radius 1 is 0.309 bits per heavy atom. The maximum Gasteiger partial charge on any atom is 0.306 e. The molecule has 0 aliphatic heterocycles. The van der Waals surface area contributed by atoms with Crippen LogP contribution >= 0.6 is 0 Å². The standard InChI is InChI=1S/C62H104O6/c1-4-7-10-13-16-19-22-24-25-26-27-28-29-30-31-32-33-34-35-36-37-38-41-43-46-49-52-55-61(64)67-58-59(57-66-60(63)54-51-48-45-42-39-21-18-15-12-9-6-3)68-62(65)56-53-50-47-44-40-23-20-17-14-11-8-5-2/h7,10,15-20,24-25,27-28,30-31,33-34,59H,4-6,8-9,11-14,21-23,26,29,32,35-58H2,1-3H3/b10-7-,18-15-,19-16-,20-17-,25-24-,28-27-,31-30-,34-33-. The van der Waals surface area contributed by atoms with Crippen molar-refractivity contribution in [2.45, 2.75) is 264 Å². The molecular weight excluding hydrogens is 841 g/mol. The van der Waals surface area contributed by atoms with Crippen molar-refractivity contribution in [1.29, 1.82) is 0 Å². The van der Waals surface area contributed by atoms with E-state index in [1.165, 1.54) is 96.3 Å². The van der Waals surface area contributed by atoms with E-state index in [-0.39, 0.29) is 31.1 Å². The normalized spacial score (nSPS) is 12.8. The summed E-state index contributed by atoms with van der Waals surface area (Å²) in [6.45, 7) is 6.44. The van der Waals surface area contributed by atoms with E-state index in [9.17, 15) is 14.4 Å². The van der Waals surface area contributed by atoms with Crippen LogP contribution in [0.3, 0.4) is 0 Å². The van der Waals surface area contributed by atoms with Crippen LogP contribution in [0.25, 0.3) is 0 Å². The molecule has 0 N–H and O–H groups in total. The molecule has 1 atom stereocenters. The van der Waals surface area contributed by atoms with Crippen LogP contribution in [0.2, 0.25) is 0 Å². The number of carbonyl (C=O) groups excluding carboxylic acids is 3. The van der Waals surface area contributed by atoms with Crippen LogP contribution in [0.1, 0.15) is 258 Å². The lowest BCUT2D eigenvalue weighted by Gasteiger charge is -2.18. The monoisotopic (exact) mass is 945 g/mol. The molecule has 388 valence electrons. The topological polar surface area (TPSA) is 78.9 Å². The van der Waals surface area contributed by atoms with Gasteiger partial charge in [-0.25, -0.2) is 0 Å². The number of hydrogen-bond acceptors (Lipinski definition) is 6. The van der Waals surface area contributed by atoms with Gasteiger partial charge in [-0.3, -0.25) is 14.4 Å². The average molecular weight is 946 g/mol. The fourth-order valence-electron chi connectivity index (χ4n) is 7.54. The highest BCUT2D eigenvalue weighted by molar-refractivity contribution is 5.71. The minimum Gasteiger partial charge on any atom is -0.462 e. The number of allylic oxidation sites excluding steroid dienone is 16. The molecule has 0 bridgehead atoms. The summed E-state index contributed by atoms with van der Waals surface area (Å²) < 4.78 is 16.8. The van der Waals surface area contributed by atoms with Gasteiger partial charge in [0.25, 0.3) is 0 Å². The van der Waals surface area contributed by atoms with Crippen molar-refractivity contribution >= 4 is 17.9 Å². The average Bonchev–Trinajstić information content (AvgIpc) is 3.34. The van der Waals surface area contributed by atoms with Crippen LogP contribution in [0.5, 0.6) is 0 Å². The summed E-state index contributed by atoms with van der Waals surface area (Å²) in [5.41, 5.74) is 0. The number of ether oxygens (including phenoxy) is 3. The summed E-state index contributed by atoms with van der Waals surface area (Å²) in [6, 6.07) is 0. The zero-order valence-corrected chi connectivity index (χ0v) is 44.3. The molecule has 0 fully saturated rings. The molecule has 0 aromatic carbocycles. The van der Waals surface area contributed by atoms with Crippen molar-refractivity contribution in [1.82, 2.24) is 0 Å². The van der Waals surface area contributed by atoms with E-state index in [1.807, 2.05) is 0 Å². The Hall–Kier alpha value is -3.67. The van der Waals surface area contributed by atoms with Gasteiger partial charge in [-0.15, -0.1) is 0 Å². The molecule has 0 aliphatic carbocycles. The third-order valence-corrected chi connectivity index (χ3v) is 11.8. The van der Waals surface area contributed by atoms with Gasteiger partial charge in [0.2, 0.25) is 0 Å². The largest absolute Gasteiger partial charge is 0.462 e. The van der Waals surface area contributed by atoms with E-state index in [1.54, 1.807) is 0 Å². The van der Waals surface area contributed by atoms with Crippen molar-refractivity contribution in [3.63, 3.8) is 0 Å². The van der Waals surface area contributed by atoms with Gasteiger partial charge in [0.05, 0.1) is 0 Å². The minimum absolute atomic E-state index is 0.0877. The number of carbonyl (C=O) groups is 3. The van der Waals surface area contributed by atoms with E-state index >= 15 is 0 Å². The smallest absolute Gasteiger partial charge is 0.306 e. The molecule has 68 heavy (non-hydrogen) atoms. The van der Waals surface area contributed by atoms with E-state index < -0.39 is 6.10 Å². The van der Waals surface area contributed by atoms with Crippen LogP contribution in [-0.4, -0.2) is 37.2 Å². The number of rotatable bonds is 50. The van der Waals surface area contributed by atoms with Crippen molar-refractivity contribution < 1.29 is 28.6 Å². The molecule has 0 aliphatic rings. The first kappa shape index (κ1) is 64.3. The summed E-state index contributed by atoms with van der Waals surface area (Å²) in [4.78, 5) is 38.0. The first-order chi connectivity index (χ1) is 33.5. The van der Waals surface area contributed by atoms with Crippen LogP contribution in [-0.2, 0) is 28.6 Å². The second kappa shape index (κ2) is 55.9. The molecule has 0 aromatic heterocycles. The predicted octanol–water partition coefficient (Wildman–Crippen LogP) is 18.9. The lowest BCUT2D eigenvalue weighted by Crippen LogP contribution is -2.30. The molecule has 0 saturated carbocycles. The molecule has 1 unspecified atom stereocenters. The molecule has 0 radical (unpaired) electrons. The molecule has 0 rings (SSSR count). The summed E-state index contributed by atoms with van der Waals surface area (Å²) in [7, 11) is 0. The van der Waals surface area contributed by atoms with E-state index in [4.69, 9.17) is 14.2 Å². The van der Waals surface area contributed by atoms with Gasteiger partial charge in [-0.2, -0.15) is 0 Å². The van der Waals surface area contributed by atoms with Crippen molar-refractivity contribution in [2.24, 2.45) is 0 Å². The molecular formula is C62H104O6. The summed E-state index contributed by atoms with van der Waals surface area (Å²) in [5.74, 6) is -0.915. The highest BCUT2D eigenvalue weighted by Crippen LogP contribution is 2.14. The van der Waals surface area contributed by atoms with Gasteiger partial charge in [0.1, 0.15) is 13.2 Å². The van der Waals surface area contributed by atoms with E-state index in [0.29, 0.717) is 19.3 Å². The molecule has 0 heterocycles. The van der Waals surface area contributed by atoms with Gasteiger partial charge < -0.3 is 14.2 Å². The lowest BCUT2D eigenvalue weighted by molar-refractivity contribution is -0.167. The third-order valence-electron chi connectivity index (χ3n) is 11.8. The van der Waals surface area contributed by atoms with Crippen LogP contribution in [0.4, 0.5) is 0 Å². The van der Waals surface area contributed by atoms with E-state index in [2.05, 4.69) is 118 Å². The SMILES string of the molecule is CC/C=C\C/C=C\C/C=C\C/C=C\C/C=C\C/C=C\CCCCCCCCCCC(=O)OCC(COC(=O)CCCCCCC/C=C\CCCC)OC(=O)CCCCCCC/C=C\CCCCC. The molecule has 0 amide bonds. The van der Waals surface area contributed by atoms with Gasteiger partial charge in [-0.1, -0.05) is 221 Å². The van der Waals surface area contributed by atoms with Crippen LogP contribution in [0.15, 0.2) is 97.2 Å². The molecule has 0 aromatic rings. The Bertz CT molecular complexity index is 1360. The Labute approximate surface area is 419 Å². The van der Waals surface area contributed by atoms with Gasteiger partial charge in [0.15, 0.2) is 6.10 Å². The number of unbranched alkanes of at least 4 members (excludes halogenated alkanes) is 23. The van der Waals surface area contributed by atoms with E-state index in [0.717, 1.165) is 122 Å². The Morgan fingerprint density at radius 3 is 0.956 bits per heavy atom. The zero-order chi connectivity index (χ0) is 49.3. The quantitative estimate of drug-likeness (QED) is 0.0262. The molecule has 0 spiro atoms. The second-order valence-electron chi connectivity index (χ2n) is 18.5. The Morgan fingerprint density at radius 2 is 0.588 bits per heavy atom. The molecule has 6 nitrogen and oxygen atoms in total. The van der Waals surface area contributed by atoms with Crippen LogP contribution < -0.4 is 0 Å².